The van der Waals surface area contributed by atoms with Crippen LogP contribution in [-0.2, 0) is 6.54 Å². The van der Waals surface area contributed by atoms with Crippen LogP contribution in [0.1, 0.15) is 47.7 Å². The number of carbonyl (C=O) groups is 1. The van der Waals surface area contributed by atoms with Crippen LogP contribution in [0.2, 0.25) is 0 Å². The molecular weight excluding hydrogens is 226 g/mol. The van der Waals surface area contributed by atoms with Crippen molar-refractivity contribution in [2.24, 2.45) is 0 Å². The molecule has 1 aromatic carbocycles. The van der Waals surface area contributed by atoms with Gasteiger partial charge < -0.3 is 10.0 Å². The summed E-state index contributed by atoms with van der Waals surface area (Å²) in [6, 6.07) is 5.36. The topological polar surface area (TPSA) is 40.5 Å². The van der Waals surface area contributed by atoms with E-state index < -0.39 is 5.97 Å². The van der Waals surface area contributed by atoms with Crippen LogP contribution in [-0.4, -0.2) is 29.6 Å². The van der Waals surface area contributed by atoms with Gasteiger partial charge in [-0.1, -0.05) is 25.8 Å². The lowest BCUT2D eigenvalue weighted by atomic mass is 10.0. The van der Waals surface area contributed by atoms with Crippen LogP contribution in [0.5, 0.6) is 0 Å². The third kappa shape index (κ3) is 4.49. The van der Waals surface area contributed by atoms with E-state index in [0.29, 0.717) is 5.56 Å². The Morgan fingerprint density at radius 3 is 2.61 bits per heavy atom. The van der Waals surface area contributed by atoms with E-state index in [9.17, 15) is 4.79 Å². The molecule has 3 heteroatoms. The Labute approximate surface area is 109 Å². The Morgan fingerprint density at radius 1 is 1.33 bits per heavy atom. The Bertz CT molecular complexity index is 401. The standard InChI is InChI=1S/C15H23NO2/c1-4-5-6-9-16(3)11-14-8-7-13(15(17)18)10-12(14)2/h7-8,10H,4-6,9,11H2,1-3H3,(H,17,18). The molecule has 0 aliphatic heterocycles. The zero-order valence-corrected chi connectivity index (χ0v) is 11.6. The van der Waals surface area contributed by atoms with E-state index in [4.69, 9.17) is 5.11 Å². The Morgan fingerprint density at radius 2 is 2.06 bits per heavy atom. The molecule has 0 unspecified atom stereocenters. The van der Waals surface area contributed by atoms with Gasteiger partial charge in [-0.15, -0.1) is 0 Å². The molecule has 0 saturated heterocycles. The SMILES string of the molecule is CCCCCN(C)Cc1ccc(C(=O)O)cc1C. The maximum absolute atomic E-state index is 10.9. The first kappa shape index (κ1) is 14.7. The number of aromatic carboxylic acids is 1. The smallest absolute Gasteiger partial charge is 0.335 e. The molecular formula is C15H23NO2. The van der Waals surface area contributed by atoms with Gasteiger partial charge in [0.2, 0.25) is 0 Å². The molecule has 100 valence electrons. The molecule has 0 radical (unpaired) electrons. The van der Waals surface area contributed by atoms with Gasteiger partial charge in [0, 0.05) is 6.54 Å². The Hall–Kier alpha value is -1.35. The molecule has 0 heterocycles. The van der Waals surface area contributed by atoms with Crippen molar-refractivity contribution in [2.75, 3.05) is 13.6 Å². The summed E-state index contributed by atoms with van der Waals surface area (Å²) >= 11 is 0. The minimum absolute atomic E-state index is 0.366. The minimum Gasteiger partial charge on any atom is -0.478 e. The van der Waals surface area contributed by atoms with Crippen LogP contribution in [0.4, 0.5) is 0 Å². The average Bonchev–Trinajstić information content (AvgIpc) is 2.32. The molecule has 0 aliphatic rings. The van der Waals surface area contributed by atoms with Crippen molar-refractivity contribution in [3.63, 3.8) is 0 Å². The molecule has 0 aliphatic carbocycles. The van der Waals surface area contributed by atoms with Gasteiger partial charge in [-0.25, -0.2) is 4.79 Å². The highest BCUT2D eigenvalue weighted by atomic mass is 16.4. The van der Waals surface area contributed by atoms with Crippen LogP contribution in [0.25, 0.3) is 0 Å². The number of hydrogen-bond acceptors (Lipinski definition) is 2. The van der Waals surface area contributed by atoms with Gasteiger partial charge in [0.1, 0.15) is 0 Å². The number of rotatable bonds is 7. The monoisotopic (exact) mass is 249 g/mol. The summed E-state index contributed by atoms with van der Waals surface area (Å²) in [6.45, 7) is 6.15. The maximum atomic E-state index is 10.9. The second-order valence-electron chi connectivity index (χ2n) is 4.89. The summed E-state index contributed by atoms with van der Waals surface area (Å²) in [5.41, 5.74) is 2.63. The van der Waals surface area contributed by atoms with Crippen LogP contribution in [0.15, 0.2) is 18.2 Å². The minimum atomic E-state index is -0.860. The molecule has 18 heavy (non-hydrogen) atoms. The lowest BCUT2D eigenvalue weighted by molar-refractivity contribution is 0.0696. The highest BCUT2D eigenvalue weighted by Crippen LogP contribution is 2.13. The van der Waals surface area contributed by atoms with E-state index in [1.54, 1.807) is 12.1 Å². The molecule has 0 aromatic heterocycles. The Kier molecular flexibility index (Phi) is 5.86. The molecule has 1 rings (SSSR count). The van der Waals surface area contributed by atoms with Crippen LogP contribution in [0, 0.1) is 6.92 Å². The third-order valence-corrected chi connectivity index (χ3v) is 3.17. The number of nitrogens with zero attached hydrogens (tertiary/aromatic N) is 1. The molecule has 0 atom stereocenters. The molecule has 1 N–H and O–H groups in total. The molecule has 0 saturated carbocycles. The van der Waals surface area contributed by atoms with Crippen molar-refractivity contribution in [1.82, 2.24) is 4.90 Å². The van der Waals surface area contributed by atoms with Gasteiger partial charge in [0.25, 0.3) is 0 Å². The second-order valence-corrected chi connectivity index (χ2v) is 4.89. The van der Waals surface area contributed by atoms with Gasteiger partial charge >= 0.3 is 5.97 Å². The van der Waals surface area contributed by atoms with Crippen LogP contribution >= 0.6 is 0 Å². The summed E-state index contributed by atoms with van der Waals surface area (Å²) < 4.78 is 0. The number of carboxylic acid groups (broad SMARTS) is 1. The molecule has 3 nitrogen and oxygen atoms in total. The average molecular weight is 249 g/mol. The van der Waals surface area contributed by atoms with Crippen LogP contribution < -0.4 is 0 Å². The van der Waals surface area contributed by atoms with E-state index in [-0.39, 0.29) is 0 Å². The van der Waals surface area contributed by atoms with Gasteiger partial charge in [-0.3, -0.25) is 0 Å². The van der Waals surface area contributed by atoms with E-state index in [1.807, 2.05) is 13.0 Å². The molecule has 0 spiro atoms. The normalized spacial score (nSPS) is 10.9. The highest BCUT2D eigenvalue weighted by molar-refractivity contribution is 5.87. The molecule has 0 fully saturated rings. The maximum Gasteiger partial charge on any atom is 0.335 e. The zero-order valence-electron chi connectivity index (χ0n) is 11.6. The van der Waals surface area contributed by atoms with E-state index in [0.717, 1.165) is 18.7 Å². The third-order valence-electron chi connectivity index (χ3n) is 3.17. The number of carboxylic acids is 1. The van der Waals surface area contributed by atoms with Gasteiger partial charge in [-0.05, 0) is 50.2 Å². The Balaban J connectivity index is 2.59. The van der Waals surface area contributed by atoms with E-state index >= 15 is 0 Å². The molecule has 1 aromatic rings. The predicted octanol–water partition coefficient (Wildman–Crippen LogP) is 3.32. The summed E-state index contributed by atoms with van der Waals surface area (Å²) in [5, 5.41) is 8.91. The quantitative estimate of drug-likeness (QED) is 0.754. The lowest BCUT2D eigenvalue weighted by Gasteiger charge is -2.18. The number of hydrogen-bond donors (Lipinski definition) is 1. The van der Waals surface area contributed by atoms with E-state index in [1.165, 1.54) is 24.8 Å². The largest absolute Gasteiger partial charge is 0.478 e. The fraction of sp³-hybridized carbons (Fsp3) is 0.533. The first-order chi connectivity index (χ1) is 8.54. The lowest BCUT2D eigenvalue weighted by Crippen LogP contribution is -2.19. The molecule has 0 bridgehead atoms. The van der Waals surface area contributed by atoms with Crippen molar-refractivity contribution in [3.8, 4) is 0 Å². The summed E-state index contributed by atoms with van der Waals surface area (Å²) in [4.78, 5) is 13.1. The summed E-state index contributed by atoms with van der Waals surface area (Å²) in [5.74, 6) is -0.860. The van der Waals surface area contributed by atoms with Crippen molar-refractivity contribution < 1.29 is 9.90 Å². The van der Waals surface area contributed by atoms with Crippen molar-refractivity contribution >= 4 is 5.97 Å². The van der Waals surface area contributed by atoms with Gasteiger partial charge in [-0.2, -0.15) is 0 Å². The van der Waals surface area contributed by atoms with Crippen LogP contribution in [0.3, 0.4) is 0 Å². The molecule has 0 amide bonds. The predicted molar refractivity (Wildman–Crippen MR) is 74.0 cm³/mol. The highest BCUT2D eigenvalue weighted by Gasteiger charge is 2.07. The van der Waals surface area contributed by atoms with E-state index in [2.05, 4.69) is 18.9 Å². The van der Waals surface area contributed by atoms with Crippen molar-refractivity contribution in [3.05, 3.63) is 34.9 Å². The first-order valence-electron chi connectivity index (χ1n) is 6.56. The zero-order chi connectivity index (χ0) is 13.5. The van der Waals surface area contributed by atoms with Crippen molar-refractivity contribution in [2.45, 2.75) is 39.7 Å². The fourth-order valence-corrected chi connectivity index (χ4v) is 2.01. The van der Waals surface area contributed by atoms with Gasteiger partial charge in [0.15, 0.2) is 0 Å². The fourth-order valence-electron chi connectivity index (χ4n) is 2.01. The number of benzene rings is 1. The summed E-state index contributed by atoms with van der Waals surface area (Å²) in [6.07, 6.45) is 3.72. The van der Waals surface area contributed by atoms with Gasteiger partial charge in [0.05, 0.1) is 5.56 Å². The number of unbranched alkanes of at least 4 members (excludes halogenated alkanes) is 2. The first-order valence-corrected chi connectivity index (χ1v) is 6.56. The van der Waals surface area contributed by atoms with Crippen molar-refractivity contribution in [1.29, 1.82) is 0 Å². The number of aryl methyl sites for hydroxylation is 1. The summed E-state index contributed by atoms with van der Waals surface area (Å²) in [7, 11) is 2.11. The second kappa shape index (κ2) is 7.17.